The number of benzene rings is 3. The largest absolute Gasteiger partial charge is 0.494 e. The number of nitrogens with one attached hydrogen (secondary N) is 1. The van der Waals surface area contributed by atoms with Crippen LogP contribution in [0.5, 0.6) is 11.5 Å². The molecule has 8 heteroatoms. The van der Waals surface area contributed by atoms with E-state index in [-0.39, 0.29) is 17.2 Å². The molecule has 6 nitrogen and oxygen atoms in total. The molecule has 0 bridgehead atoms. The van der Waals surface area contributed by atoms with Crippen molar-refractivity contribution in [2.24, 2.45) is 0 Å². The van der Waals surface area contributed by atoms with Crippen molar-refractivity contribution in [2.75, 3.05) is 34.3 Å². The molecule has 0 aromatic heterocycles. The molecule has 0 saturated carbocycles. The van der Waals surface area contributed by atoms with E-state index in [9.17, 15) is 18.4 Å². The molecule has 0 radical (unpaired) electrons. The van der Waals surface area contributed by atoms with Gasteiger partial charge in [0.25, 0.3) is 0 Å². The number of nitrogens with zero attached hydrogens (tertiary/aromatic N) is 1. The highest BCUT2D eigenvalue weighted by molar-refractivity contribution is 5.91. The van der Waals surface area contributed by atoms with Crippen LogP contribution in [-0.4, -0.2) is 46.2 Å². The Hall–Kier alpha value is -3.78. The van der Waals surface area contributed by atoms with Crippen LogP contribution in [0, 0.1) is 11.6 Å². The number of quaternary nitrogens is 1. The summed E-state index contributed by atoms with van der Waals surface area (Å²) in [4.78, 5) is 24.3. The van der Waals surface area contributed by atoms with Gasteiger partial charge in [0.05, 0.1) is 39.7 Å². The Morgan fingerprint density at radius 2 is 1.40 bits per heavy atom. The fourth-order valence-electron chi connectivity index (χ4n) is 4.08. The summed E-state index contributed by atoms with van der Waals surface area (Å²) in [5, 5.41) is 3.01. The van der Waals surface area contributed by atoms with Crippen LogP contribution < -0.4 is 19.3 Å². The molecule has 0 heterocycles. The van der Waals surface area contributed by atoms with Crippen molar-refractivity contribution in [3.63, 3.8) is 0 Å². The number of hydrogen-bond donors (Lipinski definition) is 1. The topological polar surface area (TPSA) is 64.6 Å². The molecule has 0 fully saturated rings. The number of carbonyl (C=O) groups is 2. The minimum absolute atomic E-state index is 0.0584. The van der Waals surface area contributed by atoms with Crippen molar-refractivity contribution in [1.82, 2.24) is 9.80 Å². The first-order valence-corrected chi connectivity index (χ1v) is 13.7. The van der Waals surface area contributed by atoms with Gasteiger partial charge in [0.1, 0.15) is 28.8 Å². The van der Waals surface area contributed by atoms with E-state index in [2.05, 4.69) is 38.6 Å². The maximum atomic E-state index is 13.7. The van der Waals surface area contributed by atoms with Crippen LogP contribution in [0.1, 0.15) is 54.4 Å². The van der Waals surface area contributed by atoms with E-state index in [1.165, 1.54) is 5.69 Å². The van der Waals surface area contributed by atoms with Crippen LogP contribution >= 0.6 is 0 Å². The van der Waals surface area contributed by atoms with E-state index in [4.69, 9.17) is 9.47 Å². The van der Waals surface area contributed by atoms with Gasteiger partial charge in [-0.3, -0.25) is 9.28 Å². The van der Waals surface area contributed by atoms with Gasteiger partial charge in [-0.1, -0.05) is 37.8 Å². The lowest BCUT2D eigenvalue weighted by Crippen LogP contribution is -2.34. The average Bonchev–Trinajstić information content (AvgIpc) is 2.90. The highest BCUT2D eigenvalue weighted by Crippen LogP contribution is 2.20. The molecule has 3 aromatic rings. The first kappa shape index (κ1) is 30.8. The Bertz CT molecular complexity index is 1240. The lowest BCUT2D eigenvalue weighted by atomic mass is 10.1. The van der Waals surface area contributed by atoms with Gasteiger partial charge < -0.3 is 14.8 Å². The average molecular weight is 554 g/mol. The molecule has 0 unspecified atom stereocenters. The predicted molar refractivity (Wildman–Crippen MR) is 154 cm³/mol. The fourth-order valence-corrected chi connectivity index (χ4v) is 4.08. The van der Waals surface area contributed by atoms with E-state index in [1.54, 1.807) is 24.3 Å². The number of ether oxygens (including phenoxy) is 2. The Labute approximate surface area is 235 Å². The predicted octanol–water partition coefficient (Wildman–Crippen LogP) is 6.46. The van der Waals surface area contributed by atoms with Gasteiger partial charge in [0.2, 0.25) is 5.91 Å². The second-order valence-corrected chi connectivity index (χ2v) is 10.7. The van der Waals surface area contributed by atoms with Gasteiger partial charge in [0.15, 0.2) is 0 Å². The standard InChI is InChI=1S/C32H38F2N2O4/c1-36(2,3)26-13-10-24(11-14-26)22-31(37)35-20-8-6-4-5-7-9-21-39-27-15-17-28(18-16-27)40-32(38)29-19-12-25(33)23-30(29)34/h10-19,23H,4-9,20-22H2,1-3H3/p+1. The van der Waals surface area contributed by atoms with Gasteiger partial charge in [-0.05, 0) is 66.9 Å². The smallest absolute Gasteiger partial charge is 0.346 e. The summed E-state index contributed by atoms with van der Waals surface area (Å²) in [6, 6.07) is 17.4. The zero-order valence-electron chi connectivity index (χ0n) is 23.6. The highest BCUT2D eigenvalue weighted by Gasteiger charge is 2.15. The van der Waals surface area contributed by atoms with Crippen molar-refractivity contribution in [3.05, 3.63) is 89.5 Å². The molecule has 1 N–H and O–H groups in total. The minimum atomic E-state index is -0.968. The number of rotatable bonds is 15. The number of carbonyl (C=O) groups excluding carboxylic acids is 2. The Kier molecular flexibility index (Phi) is 11.6. The number of halogens is 2. The first-order valence-electron chi connectivity index (χ1n) is 13.7. The Morgan fingerprint density at radius 3 is 2.05 bits per heavy atom. The van der Waals surface area contributed by atoms with Gasteiger partial charge in [-0.25, -0.2) is 13.6 Å². The van der Waals surface area contributed by atoms with Crippen molar-refractivity contribution < 1.29 is 27.8 Å². The number of amides is 1. The number of hydrogen-bond acceptors (Lipinski definition) is 4. The lowest BCUT2D eigenvalue weighted by molar-refractivity contribution is -0.120. The highest BCUT2D eigenvalue weighted by atomic mass is 19.1. The molecule has 3 rings (SSSR count). The minimum Gasteiger partial charge on any atom is -0.494 e. The van der Waals surface area contributed by atoms with Crippen molar-refractivity contribution in [2.45, 2.75) is 44.9 Å². The van der Waals surface area contributed by atoms with E-state index >= 15 is 0 Å². The monoisotopic (exact) mass is 553 g/mol. The third-order valence-electron chi connectivity index (χ3n) is 6.42. The molecule has 0 aliphatic carbocycles. The van der Waals surface area contributed by atoms with Crippen LogP contribution in [0.15, 0.2) is 66.7 Å². The van der Waals surface area contributed by atoms with Crippen molar-refractivity contribution in [3.8, 4) is 11.5 Å². The van der Waals surface area contributed by atoms with Crippen LogP contribution in [0.25, 0.3) is 0 Å². The summed E-state index contributed by atoms with van der Waals surface area (Å²) in [7, 11) is 6.35. The molecule has 0 spiro atoms. The van der Waals surface area contributed by atoms with Crippen LogP contribution in [0.2, 0.25) is 0 Å². The molecular formula is C32H39F2N2O4+. The summed E-state index contributed by atoms with van der Waals surface area (Å²) >= 11 is 0. The zero-order chi connectivity index (χ0) is 29.0. The second-order valence-electron chi connectivity index (χ2n) is 10.7. The van der Waals surface area contributed by atoms with Crippen molar-refractivity contribution in [1.29, 1.82) is 0 Å². The molecule has 40 heavy (non-hydrogen) atoms. The summed E-state index contributed by atoms with van der Waals surface area (Å²) in [6.45, 7) is 1.27. The van der Waals surface area contributed by atoms with Gasteiger partial charge in [-0.15, -0.1) is 0 Å². The molecule has 0 saturated heterocycles. The lowest BCUT2D eigenvalue weighted by Gasteiger charge is -2.23. The third kappa shape index (κ3) is 10.4. The molecule has 0 aliphatic heterocycles. The zero-order valence-corrected chi connectivity index (χ0v) is 23.6. The molecule has 0 aliphatic rings. The van der Waals surface area contributed by atoms with Gasteiger partial charge in [0, 0.05) is 12.6 Å². The number of unbranched alkanes of at least 4 members (excludes halogenated alkanes) is 5. The maximum absolute atomic E-state index is 13.7. The van der Waals surface area contributed by atoms with E-state index < -0.39 is 17.6 Å². The molecule has 214 valence electrons. The van der Waals surface area contributed by atoms with Crippen LogP contribution in [0.3, 0.4) is 0 Å². The summed E-state index contributed by atoms with van der Waals surface area (Å²) < 4.78 is 38.4. The van der Waals surface area contributed by atoms with Crippen LogP contribution in [-0.2, 0) is 11.2 Å². The summed E-state index contributed by atoms with van der Waals surface area (Å²) in [5.41, 5.74) is 1.90. The Morgan fingerprint density at radius 1 is 0.775 bits per heavy atom. The van der Waals surface area contributed by atoms with E-state index in [1.807, 2.05) is 12.1 Å². The third-order valence-corrected chi connectivity index (χ3v) is 6.42. The van der Waals surface area contributed by atoms with Gasteiger partial charge in [-0.2, -0.15) is 0 Å². The molecule has 3 aromatic carbocycles. The van der Waals surface area contributed by atoms with E-state index in [0.29, 0.717) is 31.4 Å². The summed E-state index contributed by atoms with van der Waals surface area (Å²) in [5.74, 6) is -1.67. The normalized spacial score (nSPS) is 11.2. The van der Waals surface area contributed by atoms with E-state index in [0.717, 1.165) is 60.7 Å². The molecule has 0 atom stereocenters. The van der Waals surface area contributed by atoms with Crippen LogP contribution in [0.4, 0.5) is 14.5 Å². The fraction of sp³-hybridized carbons (Fsp3) is 0.375. The SMILES string of the molecule is C[N+](C)(C)c1ccc(CC(=O)NCCCCCCCCOc2ccc(OC(=O)c3ccc(F)cc3F)cc2)cc1. The van der Waals surface area contributed by atoms with Gasteiger partial charge >= 0.3 is 5.97 Å². The first-order chi connectivity index (χ1) is 19.1. The second kappa shape index (κ2) is 15.1. The number of esters is 1. The molecule has 1 amide bonds. The Balaban J connectivity index is 1.20. The quantitative estimate of drug-likeness (QED) is 0.102. The molecular weight excluding hydrogens is 514 g/mol. The summed E-state index contributed by atoms with van der Waals surface area (Å²) in [6.07, 6.45) is 6.62. The maximum Gasteiger partial charge on any atom is 0.346 e. The van der Waals surface area contributed by atoms with Crippen molar-refractivity contribution >= 4 is 17.6 Å².